The molecule has 0 unspecified atom stereocenters. The summed E-state index contributed by atoms with van der Waals surface area (Å²) in [6.45, 7) is 0.463. The number of nitro groups is 1. The maximum Gasteiger partial charge on any atom is 0.417 e. The van der Waals surface area contributed by atoms with Crippen molar-refractivity contribution in [1.82, 2.24) is 9.71 Å². The van der Waals surface area contributed by atoms with Crippen molar-refractivity contribution in [1.29, 1.82) is 0 Å². The van der Waals surface area contributed by atoms with E-state index in [1.54, 1.807) is 12.1 Å². The fourth-order valence-electron chi connectivity index (χ4n) is 3.33. The van der Waals surface area contributed by atoms with Crippen LogP contribution in [0, 0.1) is 10.1 Å². The molecule has 0 amide bonds. The van der Waals surface area contributed by atoms with E-state index in [4.69, 9.17) is 25.8 Å². The lowest BCUT2D eigenvalue weighted by atomic mass is 10.1. The Labute approximate surface area is 226 Å². The summed E-state index contributed by atoms with van der Waals surface area (Å²) in [5, 5.41) is 10.8. The van der Waals surface area contributed by atoms with Crippen LogP contribution < -0.4 is 14.2 Å². The number of pyridine rings is 1. The van der Waals surface area contributed by atoms with Gasteiger partial charge in [0.05, 0.1) is 17.1 Å². The number of rotatable bonds is 13. The highest BCUT2D eigenvalue weighted by atomic mass is 35.5. The standard InChI is InChI=1S/C24H23ClF3N3O7S/c1-36-11-12-37-18-9-8-16(21(14-18)38-23-19(25)13-17(15-29-23)24(26,27)28)5-4-10-30-39(34,35)22-7-3-2-6-20(22)31(32)33/h2-3,6-9,13-15,30H,4-5,10-12H2,1H3. The Morgan fingerprint density at radius 2 is 1.87 bits per heavy atom. The van der Waals surface area contributed by atoms with Crippen LogP contribution >= 0.6 is 11.6 Å². The number of halogens is 4. The highest BCUT2D eigenvalue weighted by molar-refractivity contribution is 7.89. The van der Waals surface area contributed by atoms with Gasteiger partial charge in [-0.25, -0.2) is 18.1 Å². The number of nitrogens with zero attached hydrogens (tertiary/aromatic N) is 2. The molecule has 3 rings (SSSR count). The molecule has 0 atom stereocenters. The van der Waals surface area contributed by atoms with E-state index >= 15 is 0 Å². The van der Waals surface area contributed by atoms with Gasteiger partial charge in [0.1, 0.15) is 23.1 Å². The summed E-state index contributed by atoms with van der Waals surface area (Å²) < 4.78 is 82.7. The summed E-state index contributed by atoms with van der Waals surface area (Å²) in [7, 11) is -2.66. The van der Waals surface area contributed by atoms with Crippen LogP contribution in [0.25, 0.3) is 0 Å². The van der Waals surface area contributed by atoms with Crippen molar-refractivity contribution in [3.63, 3.8) is 0 Å². The monoisotopic (exact) mass is 589 g/mol. The topological polar surface area (TPSA) is 130 Å². The Morgan fingerprint density at radius 3 is 2.54 bits per heavy atom. The van der Waals surface area contributed by atoms with Crippen LogP contribution in [-0.4, -0.2) is 45.2 Å². The largest absolute Gasteiger partial charge is 0.491 e. The van der Waals surface area contributed by atoms with Gasteiger partial charge in [0.15, 0.2) is 4.90 Å². The molecule has 39 heavy (non-hydrogen) atoms. The second kappa shape index (κ2) is 13.1. The lowest BCUT2D eigenvalue weighted by Gasteiger charge is -2.15. The predicted molar refractivity (Wildman–Crippen MR) is 135 cm³/mol. The van der Waals surface area contributed by atoms with Gasteiger partial charge >= 0.3 is 6.18 Å². The molecule has 0 aliphatic heterocycles. The molecule has 3 aromatic rings. The summed E-state index contributed by atoms with van der Waals surface area (Å²) in [5.74, 6) is 0.295. The Hall–Kier alpha value is -3.46. The highest BCUT2D eigenvalue weighted by Gasteiger charge is 2.32. The summed E-state index contributed by atoms with van der Waals surface area (Å²) in [6.07, 6.45) is -3.54. The van der Waals surface area contributed by atoms with Crippen LogP contribution in [0.15, 0.2) is 59.6 Å². The molecule has 0 saturated heterocycles. The molecule has 210 valence electrons. The third-order valence-corrected chi connectivity index (χ3v) is 6.98. The van der Waals surface area contributed by atoms with Crippen molar-refractivity contribution >= 4 is 27.3 Å². The highest BCUT2D eigenvalue weighted by Crippen LogP contribution is 2.36. The Kier molecular flexibility index (Phi) is 10.1. The van der Waals surface area contributed by atoms with E-state index < -0.39 is 37.3 Å². The number of ether oxygens (including phenoxy) is 3. The van der Waals surface area contributed by atoms with Crippen LogP contribution in [0.1, 0.15) is 17.5 Å². The third-order valence-electron chi connectivity index (χ3n) is 5.20. The van der Waals surface area contributed by atoms with Crippen molar-refractivity contribution in [2.75, 3.05) is 26.9 Å². The molecule has 10 nitrogen and oxygen atoms in total. The van der Waals surface area contributed by atoms with Gasteiger partial charge in [-0.05, 0) is 36.6 Å². The number of hydrogen-bond acceptors (Lipinski definition) is 8. The number of para-hydroxylation sites is 1. The summed E-state index contributed by atoms with van der Waals surface area (Å²) in [5.41, 5.74) is -1.04. The molecule has 1 heterocycles. The van der Waals surface area contributed by atoms with E-state index in [0.29, 0.717) is 30.2 Å². The Morgan fingerprint density at radius 1 is 1.13 bits per heavy atom. The van der Waals surface area contributed by atoms with Crippen LogP contribution in [-0.2, 0) is 27.4 Å². The average Bonchev–Trinajstić information content (AvgIpc) is 2.88. The molecular formula is C24H23ClF3N3O7S. The smallest absolute Gasteiger partial charge is 0.417 e. The minimum absolute atomic E-state index is 0.0702. The minimum atomic E-state index is -4.64. The van der Waals surface area contributed by atoms with E-state index in [9.17, 15) is 31.7 Å². The Bertz CT molecular complexity index is 1420. The number of aryl methyl sites for hydroxylation is 1. The lowest BCUT2D eigenvalue weighted by Crippen LogP contribution is -2.25. The van der Waals surface area contributed by atoms with Gasteiger partial charge in [0, 0.05) is 32.0 Å². The second-order valence-corrected chi connectivity index (χ2v) is 10.1. The first-order valence-corrected chi connectivity index (χ1v) is 13.2. The van der Waals surface area contributed by atoms with Crippen LogP contribution in [0.2, 0.25) is 5.02 Å². The predicted octanol–water partition coefficient (Wildman–Crippen LogP) is 5.39. The summed E-state index contributed by atoms with van der Waals surface area (Å²) in [6, 6.07) is 10.4. The minimum Gasteiger partial charge on any atom is -0.491 e. The number of nitro benzene ring substituents is 1. The summed E-state index contributed by atoms with van der Waals surface area (Å²) >= 11 is 5.99. The average molecular weight is 590 g/mol. The zero-order valence-corrected chi connectivity index (χ0v) is 22.0. The quantitative estimate of drug-likeness (QED) is 0.160. The Balaban J connectivity index is 1.76. The van der Waals surface area contributed by atoms with Gasteiger partial charge in [0.25, 0.3) is 5.69 Å². The van der Waals surface area contributed by atoms with Crippen molar-refractivity contribution in [3.05, 3.63) is 81.0 Å². The number of benzene rings is 2. The number of nitrogens with one attached hydrogen (secondary N) is 1. The fraction of sp³-hybridized carbons (Fsp3) is 0.292. The van der Waals surface area contributed by atoms with E-state index in [1.807, 2.05) is 0 Å². The van der Waals surface area contributed by atoms with Gasteiger partial charge in [-0.3, -0.25) is 10.1 Å². The second-order valence-electron chi connectivity index (χ2n) is 7.95. The first kappa shape index (κ1) is 30.1. The van der Waals surface area contributed by atoms with E-state index in [-0.39, 0.29) is 42.6 Å². The number of aromatic nitrogens is 1. The molecule has 1 aromatic heterocycles. The molecular weight excluding hydrogens is 567 g/mol. The van der Waals surface area contributed by atoms with Crippen LogP contribution in [0.3, 0.4) is 0 Å². The molecule has 0 aliphatic carbocycles. The van der Waals surface area contributed by atoms with Crippen molar-refractivity contribution in [2.45, 2.75) is 23.9 Å². The molecule has 0 radical (unpaired) electrons. The van der Waals surface area contributed by atoms with Crippen LogP contribution in [0.4, 0.5) is 18.9 Å². The van der Waals surface area contributed by atoms with Gasteiger partial charge in [-0.1, -0.05) is 29.8 Å². The zero-order chi connectivity index (χ0) is 28.6. The number of sulfonamides is 1. The van der Waals surface area contributed by atoms with Gasteiger partial charge < -0.3 is 14.2 Å². The molecule has 0 saturated carbocycles. The van der Waals surface area contributed by atoms with E-state index in [1.165, 1.54) is 25.3 Å². The maximum absolute atomic E-state index is 13.0. The van der Waals surface area contributed by atoms with E-state index in [2.05, 4.69) is 9.71 Å². The lowest BCUT2D eigenvalue weighted by molar-refractivity contribution is -0.387. The van der Waals surface area contributed by atoms with Gasteiger partial charge in [0.2, 0.25) is 15.9 Å². The molecule has 15 heteroatoms. The molecule has 0 fully saturated rings. The number of methoxy groups -OCH3 is 1. The third kappa shape index (κ3) is 8.26. The van der Waals surface area contributed by atoms with E-state index in [0.717, 1.165) is 12.1 Å². The van der Waals surface area contributed by atoms with Crippen LogP contribution in [0.5, 0.6) is 17.4 Å². The molecule has 0 bridgehead atoms. The van der Waals surface area contributed by atoms with Gasteiger partial charge in [-0.15, -0.1) is 0 Å². The normalized spacial score (nSPS) is 11.8. The first-order valence-electron chi connectivity index (χ1n) is 11.3. The molecule has 2 aromatic carbocycles. The molecule has 0 aliphatic rings. The maximum atomic E-state index is 13.0. The molecule has 0 spiro atoms. The first-order chi connectivity index (χ1) is 18.4. The molecule has 1 N–H and O–H groups in total. The SMILES string of the molecule is COCCOc1ccc(CCCNS(=O)(=O)c2ccccc2[N+](=O)[O-])c(Oc2ncc(C(F)(F)F)cc2Cl)c1. The van der Waals surface area contributed by atoms with Crippen molar-refractivity contribution < 1.29 is 40.7 Å². The fourth-order valence-corrected chi connectivity index (χ4v) is 4.78. The zero-order valence-electron chi connectivity index (χ0n) is 20.4. The van der Waals surface area contributed by atoms with Crippen molar-refractivity contribution in [2.24, 2.45) is 0 Å². The van der Waals surface area contributed by atoms with Gasteiger partial charge in [-0.2, -0.15) is 13.2 Å². The number of hydrogen-bond donors (Lipinski definition) is 1. The van der Waals surface area contributed by atoms with Crippen molar-refractivity contribution in [3.8, 4) is 17.4 Å². The summed E-state index contributed by atoms with van der Waals surface area (Å²) in [4.78, 5) is 13.6. The number of alkyl halides is 3.